The van der Waals surface area contributed by atoms with Crippen LogP contribution in [0.4, 0.5) is 5.69 Å². The van der Waals surface area contributed by atoms with Gasteiger partial charge in [0.15, 0.2) is 5.66 Å². The molecule has 1 saturated heterocycles. The molecule has 0 aliphatic carbocycles. The monoisotopic (exact) mass is 354 g/mol. The van der Waals surface area contributed by atoms with E-state index in [-0.39, 0.29) is 11.6 Å². The largest absolute Gasteiger partial charge is 0.378 e. The summed E-state index contributed by atoms with van der Waals surface area (Å²) in [6, 6.07) is 8.43. The van der Waals surface area contributed by atoms with Crippen molar-refractivity contribution in [3.8, 4) is 12.3 Å². The molecule has 0 bridgehead atoms. The number of hydrogen-bond acceptors (Lipinski definition) is 5. The molecule has 0 saturated carbocycles. The van der Waals surface area contributed by atoms with Gasteiger partial charge in [0.05, 0.1) is 13.2 Å². The van der Waals surface area contributed by atoms with Crippen molar-refractivity contribution >= 4 is 11.6 Å². The Balaban J connectivity index is 1.45. The number of morpholine rings is 1. The molecule has 1 fully saturated rings. The lowest BCUT2D eigenvalue weighted by atomic mass is 10.0. The number of carbonyl (C=O) groups excluding carboxylic acids is 1. The molecule has 2 aliphatic rings. The molecule has 0 unspecified atom stereocenters. The van der Waals surface area contributed by atoms with Crippen molar-refractivity contribution in [3.63, 3.8) is 0 Å². The number of benzene rings is 1. The molecule has 3 rings (SSSR count). The standard InChI is InChI=1S/C20H26N4O2/c1-3-4-10-20(21-22-20)11-9-19(25)23(2)16-17-5-7-18(8-6-17)24-12-14-26-15-13-24/h1,5-8H,4,9-16H2,2H3. The van der Waals surface area contributed by atoms with Gasteiger partial charge in [0.1, 0.15) is 0 Å². The number of nitrogens with zero attached hydrogens (tertiary/aromatic N) is 4. The lowest BCUT2D eigenvalue weighted by Gasteiger charge is -2.29. The summed E-state index contributed by atoms with van der Waals surface area (Å²) in [7, 11) is 1.84. The molecule has 1 aromatic rings. The minimum absolute atomic E-state index is 0.111. The predicted octanol–water partition coefficient (Wildman–Crippen LogP) is 2.84. The van der Waals surface area contributed by atoms with E-state index in [2.05, 4.69) is 45.3 Å². The van der Waals surface area contributed by atoms with Gasteiger partial charge < -0.3 is 14.5 Å². The smallest absolute Gasteiger partial charge is 0.222 e. The second-order valence-corrected chi connectivity index (χ2v) is 6.90. The molecule has 26 heavy (non-hydrogen) atoms. The molecule has 2 heterocycles. The van der Waals surface area contributed by atoms with Gasteiger partial charge in [-0.1, -0.05) is 12.1 Å². The summed E-state index contributed by atoms with van der Waals surface area (Å²) in [4.78, 5) is 16.5. The Bertz CT molecular complexity index is 681. The molecule has 0 radical (unpaired) electrons. The van der Waals surface area contributed by atoms with Crippen LogP contribution in [0, 0.1) is 12.3 Å². The third-order valence-corrected chi connectivity index (χ3v) is 4.95. The van der Waals surface area contributed by atoms with Crippen LogP contribution < -0.4 is 4.90 Å². The maximum atomic E-state index is 12.4. The van der Waals surface area contributed by atoms with E-state index in [0.29, 0.717) is 25.8 Å². The van der Waals surface area contributed by atoms with Crippen LogP contribution in [-0.2, 0) is 16.1 Å². The molecule has 2 aliphatic heterocycles. The van der Waals surface area contributed by atoms with E-state index in [0.717, 1.165) is 38.3 Å². The third kappa shape index (κ3) is 4.83. The van der Waals surface area contributed by atoms with Gasteiger partial charge in [-0.2, -0.15) is 10.2 Å². The molecule has 0 N–H and O–H groups in total. The fourth-order valence-corrected chi connectivity index (χ4v) is 3.16. The zero-order valence-electron chi connectivity index (χ0n) is 15.4. The van der Waals surface area contributed by atoms with E-state index in [4.69, 9.17) is 11.2 Å². The van der Waals surface area contributed by atoms with E-state index < -0.39 is 0 Å². The minimum atomic E-state index is -0.386. The highest BCUT2D eigenvalue weighted by molar-refractivity contribution is 5.76. The van der Waals surface area contributed by atoms with Crippen molar-refractivity contribution in [2.45, 2.75) is 37.9 Å². The molecule has 1 amide bonds. The van der Waals surface area contributed by atoms with Gasteiger partial charge in [-0.3, -0.25) is 4.79 Å². The van der Waals surface area contributed by atoms with Crippen LogP contribution in [0.5, 0.6) is 0 Å². The topological polar surface area (TPSA) is 57.5 Å². The average Bonchev–Trinajstić information content (AvgIpc) is 3.46. The average molecular weight is 354 g/mol. The number of ether oxygens (including phenoxy) is 1. The van der Waals surface area contributed by atoms with Crippen LogP contribution in [0.15, 0.2) is 34.5 Å². The van der Waals surface area contributed by atoms with E-state index in [1.165, 1.54) is 5.69 Å². The summed E-state index contributed by atoms with van der Waals surface area (Å²) in [6.07, 6.45) is 7.77. The van der Waals surface area contributed by atoms with Crippen molar-refractivity contribution in [3.05, 3.63) is 29.8 Å². The van der Waals surface area contributed by atoms with Crippen LogP contribution in [0.1, 0.15) is 31.2 Å². The van der Waals surface area contributed by atoms with Crippen molar-refractivity contribution in [1.82, 2.24) is 4.90 Å². The van der Waals surface area contributed by atoms with Crippen LogP contribution in [0.3, 0.4) is 0 Å². The fraction of sp³-hybridized carbons (Fsp3) is 0.550. The first-order valence-electron chi connectivity index (χ1n) is 9.15. The van der Waals surface area contributed by atoms with E-state index in [9.17, 15) is 4.79 Å². The first-order valence-corrected chi connectivity index (χ1v) is 9.15. The lowest BCUT2D eigenvalue weighted by molar-refractivity contribution is -0.130. The first kappa shape index (κ1) is 18.4. The highest BCUT2D eigenvalue weighted by Gasteiger charge is 2.39. The Morgan fingerprint density at radius 2 is 1.96 bits per heavy atom. The van der Waals surface area contributed by atoms with Crippen LogP contribution in [0.25, 0.3) is 0 Å². The Kier molecular flexibility index (Phi) is 5.89. The maximum Gasteiger partial charge on any atom is 0.222 e. The van der Waals surface area contributed by atoms with Gasteiger partial charge in [0.25, 0.3) is 0 Å². The summed E-state index contributed by atoms with van der Waals surface area (Å²) in [5.41, 5.74) is 1.95. The normalized spacial score (nSPS) is 17.6. The molecule has 1 aromatic carbocycles. The molecule has 6 heteroatoms. The van der Waals surface area contributed by atoms with Crippen molar-refractivity contribution < 1.29 is 9.53 Å². The number of amides is 1. The minimum Gasteiger partial charge on any atom is -0.378 e. The number of rotatable bonds is 8. The van der Waals surface area contributed by atoms with Gasteiger partial charge in [0.2, 0.25) is 5.91 Å². The number of hydrogen-bond donors (Lipinski definition) is 0. The highest BCUT2D eigenvalue weighted by atomic mass is 16.5. The second-order valence-electron chi connectivity index (χ2n) is 6.90. The number of carbonyl (C=O) groups is 1. The van der Waals surface area contributed by atoms with Crippen LogP contribution >= 0.6 is 0 Å². The third-order valence-electron chi connectivity index (χ3n) is 4.95. The Hall–Kier alpha value is -2.39. The number of terminal acetylenes is 1. The van der Waals surface area contributed by atoms with E-state index in [1.54, 1.807) is 4.90 Å². The Labute approximate surface area is 155 Å². The number of anilines is 1. The quantitative estimate of drug-likeness (QED) is 0.675. The summed E-state index contributed by atoms with van der Waals surface area (Å²) >= 11 is 0. The van der Waals surface area contributed by atoms with Gasteiger partial charge in [-0.05, 0) is 17.7 Å². The molecule has 0 spiro atoms. The fourth-order valence-electron chi connectivity index (χ4n) is 3.16. The maximum absolute atomic E-state index is 12.4. The molecule has 0 aromatic heterocycles. The van der Waals surface area contributed by atoms with Crippen LogP contribution in [-0.4, -0.2) is 49.8 Å². The molecular weight excluding hydrogens is 328 g/mol. The van der Waals surface area contributed by atoms with Crippen molar-refractivity contribution in [1.29, 1.82) is 0 Å². The van der Waals surface area contributed by atoms with Gasteiger partial charge >= 0.3 is 0 Å². The molecule has 0 atom stereocenters. The molecule has 6 nitrogen and oxygen atoms in total. The Morgan fingerprint density at radius 3 is 2.58 bits per heavy atom. The van der Waals surface area contributed by atoms with Gasteiger partial charge in [-0.25, -0.2) is 0 Å². The van der Waals surface area contributed by atoms with Crippen LogP contribution in [0.2, 0.25) is 0 Å². The van der Waals surface area contributed by atoms with Gasteiger partial charge in [-0.15, -0.1) is 12.3 Å². The summed E-state index contributed by atoms with van der Waals surface area (Å²) in [5, 5.41) is 8.17. The van der Waals surface area contributed by atoms with Crippen molar-refractivity contribution in [2.24, 2.45) is 10.2 Å². The first-order chi connectivity index (χ1) is 12.6. The SMILES string of the molecule is C#CCCC1(CCC(=O)N(C)Cc2ccc(N3CCOCC3)cc2)N=N1. The summed E-state index contributed by atoms with van der Waals surface area (Å²) in [5.74, 6) is 2.72. The van der Waals surface area contributed by atoms with Gasteiger partial charge in [0, 0.05) is 58.1 Å². The molecular formula is C20H26N4O2. The summed E-state index contributed by atoms with van der Waals surface area (Å²) < 4.78 is 5.39. The second kappa shape index (κ2) is 8.33. The zero-order valence-corrected chi connectivity index (χ0v) is 15.4. The molecule has 138 valence electrons. The zero-order chi connectivity index (χ0) is 18.4. The lowest BCUT2D eigenvalue weighted by Crippen LogP contribution is -2.36. The van der Waals surface area contributed by atoms with E-state index >= 15 is 0 Å². The Morgan fingerprint density at radius 1 is 1.27 bits per heavy atom. The predicted molar refractivity (Wildman–Crippen MR) is 101 cm³/mol. The van der Waals surface area contributed by atoms with Crippen molar-refractivity contribution in [2.75, 3.05) is 38.3 Å². The summed E-state index contributed by atoms with van der Waals surface area (Å²) in [6.45, 7) is 4.01. The van der Waals surface area contributed by atoms with E-state index in [1.807, 2.05) is 7.05 Å². The highest BCUT2D eigenvalue weighted by Crippen LogP contribution is 2.37.